The number of β-amino-alcohol motifs (C(OH)–C–C–N with tert-alkyl or cyclic N) is 1. The molecule has 1 fully saturated rings. The average molecular weight is 807 g/mol. The molecular formula is C33H36Cl2N10O3S2V. The molecule has 2 amide bonds. The maximum absolute atomic E-state index is 12.7. The van der Waals surface area contributed by atoms with Crippen molar-refractivity contribution in [3.8, 4) is 0 Å². The molecule has 1 saturated heterocycles. The van der Waals surface area contributed by atoms with E-state index in [1.807, 2.05) is 45.0 Å². The molecule has 6 rings (SSSR count). The Morgan fingerprint density at radius 2 is 1.41 bits per heavy atom. The number of hydrogen-bond donors (Lipinski definition) is 5. The molecule has 0 unspecified atom stereocenters. The number of nitrogens with zero attached hydrogens (tertiary/aromatic N) is 6. The standard InChI is InChI=1S/C22H26ClN7O2S.C11H10ClN3OS.V/c1-14-4-3-5-16(23)18(14)27-21(32)17-12-24-22(33-17)28-19-15(2)20(26-13-25-19)30-8-6-29(7-9-30)10-11-31;1-6-3-2-4-7(12)9(6)15-10(16)8-5-14-11(13)17-8;/h3-5,12-13,31H,6-11H2,1-2H3,(H,27,32)(H,24,25,26,28);2-5H,1H3,(H2,13,14)(H,15,16);. The number of thiazole rings is 2. The van der Waals surface area contributed by atoms with Crippen molar-refractivity contribution in [1.29, 1.82) is 0 Å². The number of aromatic nitrogens is 4. The van der Waals surface area contributed by atoms with Crippen molar-refractivity contribution in [2.24, 2.45) is 0 Å². The average Bonchev–Trinajstić information content (AvgIpc) is 3.76. The van der Waals surface area contributed by atoms with Crippen LogP contribution in [0.1, 0.15) is 36.0 Å². The molecule has 0 bridgehead atoms. The van der Waals surface area contributed by atoms with E-state index in [-0.39, 0.29) is 37.0 Å². The molecule has 1 radical (unpaired) electrons. The molecule has 4 heterocycles. The number of para-hydroxylation sites is 2. The van der Waals surface area contributed by atoms with Crippen LogP contribution in [0.4, 0.5) is 33.3 Å². The van der Waals surface area contributed by atoms with Gasteiger partial charge >= 0.3 is 0 Å². The van der Waals surface area contributed by atoms with Gasteiger partial charge in [0.2, 0.25) is 0 Å². The Labute approximate surface area is 325 Å². The summed E-state index contributed by atoms with van der Waals surface area (Å²) in [5.41, 5.74) is 9.40. The number of aryl methyl sites for hydroxylation is 2. The number of rotatable bonds is 9. The molecule has 267 valence electrons. The first kappa shape index (κ1) is 40.0. The number of nitrogen functional groups attached to an aromatic ring is 1. The Morgan fingerprint density at radius 3 is 1.94 bits per heavy atom. The first-order valence-corrected chi connectivity index (χ1v) is 17.9. The Morgan fingerprint density at radius 1 is 0.843 bits per heavy atom. The van der Waals surface area contributed by atoms with Crippen LogP contribution in [0.5, 0.6) is 0 Å². The third-order valence-corrected chi connectivity index (χ3v) is 10.1. The zero-order chi connectivity index (χ0) is 35.8. The number of halogens is 2. The van der Waals surface area contributed by atoms with E-state index < -0.39 is 0 Å². The third kappa shape index (κ3) is 10.4. The van der Waals surface area contributed by atoms with E-state index in [0.29, 0.717) is 53.8 Å². The van der Waals surface area contributed by atoms with Crippen LogP contribution in [0.3, 0.4) is 0 Å². The van der Waals surface area contributed by atoms with Crippen LogP contribution in [-0.4, -0.2) is 81.1 Å². The van der Waals surface area contributed by atoms with Gasteiger partial charge < -0.3 is 31.7 Å². The number of piperazine rings is 1. The van der Waals surface area contributed by atoms with E-state index in [9.17, 15) is 9.59 Å². The van der Waals surface area contributed by atoms with Gasteiger partial charge in [-0.1, -0.05) is 70.1 Å². The van der Waals surface area contributed by atoms with E-state index in [2.05, 4.69) is 45.7 Å². The maximum Gasteiger partial charge on any atom is 0.267 e. The van der Waals surface area contributed by atoms with Crippen LogP contribution in [0.15, 0.2) is 55.1 Å². The molecule has 13 nitrogen and oxygen atoms in total. The van der Waals surface area contributed by atoms with Crippen LogP contribution >= 0.6 is 45.9 Å². The smallest absolute Gasteiger partial charge is 0.267 e. The van der Waals surface area contributed by atoms with Crippen LogP contribution in [0.25, 0.3) is 0 Å². The second kappa shape index (κ2) is 18.6. The number of anilines is 6. The Hall–Kier alpha value is -3.80. The Bertz CT molecular complexity index is 1930. The number of amides is 2. The van der Waals surface area contributed by atoms with Crippen molar-refractivity contribution >= 4 is 91.0 Å². The fourth-order valence-electron chi connectivity index (χ4n) is 5.07. The largest absolute Gasteiger partial charge is 0.395 e. The second-order valence-corrected chi connectivity index (χ2v) is 14.1. The van der Waals surface area contributed by atoms with Crippen LogP contribution in [0.2, 0.25) is 10.0 Å². The summed E-state index contributed by atoms with van der Waals surface area (Å²) in [5.74, 6) is 1.01. The molecule has 6 N–H and O–H groups in total. The van der Waals surface area contributed by atoms with Crippen molar-refractivity contribution in [3.63, 3.8) is 0 Å². The van der Waals surface area contributed by atoms with Gasteiger partial charge in [0.15, 0.2) is 10.3 Å². The molecule has 0 aliphatic carbocycles. The number of carbonyl (C=O) groups is 2. The zero-order valence-electron chi connectivity index (χ0n) is 28.0. The van der Waals surface area contributed by atoms with E-state index in [4.69, 9.17) is 34.0 Å². The van der Waals surface area contributed by atoms with Crippen LogP contribution in [-0.2, 0) is 18.6 Å². The number of aliphatic hydroxyl groups is 1. The Kier molecular flexibility index (Phi) is 14.6. The van der Waals surface area contributed by atoms with E-state index in [1.54, 1.807) is 12.1 Å². The monoisotopic (exact) mass is 805 g/mol. The quantitative estimate of drug-likeness (QED) is 0.114. The number of nitrogens with two attached hydrogens (primary N) is 1. The number of aliphatic hydroxyl groups excluding tert-OH is 1. The van der Waals surface area contributed by atoms with Gasteiger partial charge in [-0.2, -0.15) is 0 Å². The number of benzene rings is 2. The van der Waals surface area contributed by atoms with E-state index in [0.717, 1.165) is 60.0 Å². The van der Waals surface area contributed by atoms with Crippen molar-refractivity contribution in [2.45, 2.75) is 20.8 Å². The minimum absolute atomic E-state index is 0. The molecule has 1 aliphatic heterocycles. The van der Waals surface area contributed by atoms with Gasteiger partial charge in [0.1, 0.15) is 27.7 Å². The van der Waals surface area contributed by atoms with Gasteiger partial charge in [-0.25, -0.2) is 19.9 Å². The van der Waals surface area contributed by atoms with Crippen molar-refractivity contribution in [1.82, 2.24) is 24.8 Å². The predicted molar refractivity (Wildman–Crippen MR) is 203 cm³/mol. The SMILES string of the molecule is Cc1cccc(Cl)c1NC(=O)c1cnc(N)s1.Cc1cccc(Cl)c1NC(=O)c1cnc(Nc2ncnc(N3CCN(CCO)CC3)c2C)s1.[V]. The minimum atomic E-state index is -0.266. The zero-order valence-corrected chi connectivity index (χ0v) is 32.5. The normalized spacial score (nSPS) is 12.7. The van der Waals surface area contributed by atoms with Crippen molar-refractivity contribution in [2.75, 3.05) is 65.9 Å². The summed E-state index contributed by atoms with van der Waals surface area (Å²) in [6.45, 7) is 10.0. The molecule has 1 aliphatic rings. The first-order valence-electron chi connectivity index (χ1n) is 15.5. The minimum Gasteiger partial charge on any atom is -0.395 e. The molecule has 0 saturated carbocycles. The van der Waals surface area contributed by atoms with E-state index in [1.165, 1.54) is 30.1 Å². The van der Waals surface area contributed by atoms with Gasteiger partial charge in [0.25, 0.3) is 11.8 Å². The van der Waals surface area contributed by atoms with Crippen LogP contribution < -0.4 is 26.6 Å². The molecule has 2 aromatic carbocycles. The molecule has 0 atom stereocenters. The fourth-order valence-corrected chi connectivity index (χ4v) is 6.90. The van der Waals surface area contributed by atoms with Gasteiger partial charge in [0, 0.05) is 56.8 Å². The summed E-state index contributed by atoms with van der Waals surface area (Å²) < 4.78 is 0. The summed E-state index contributed by atoms with van der Waals surface area (Å²) in [6, 6.07) is 10.9. The molecule has 18 heteroatoms. The topological polar surface area (TPSA) is 175 Å². The molecular weight excluding hydrogens is 770 g/mol. The van der Waals surface area contributed by atoms with Gasteiger partial charge in [-0.05, 0) is 44.0 Å². The van der Waals surface area contributed by atoms with Gasteiger partial charge in [0.05, 0.1) is 40.4 Å². The Balaban J connectivity index is 0.000000273. The van der Waals surface area contributed by atoms with Crippen LogP contribution in [0, 0.1) is 20.8 Å². The van der Waals surface area contributed by atoms with Gasteiger partial charge in [-0.15, -0.1) is 0 Å². The number of nitrogens with one attached hydrogen (secondary N) is 3. The summed E-state index contributed by atoms with van der Waals surface area (Å²) >= 11 is 14.6. The number of hydrogen-bond acceptors (Lipinski definition) is 13. The molecule has 51 heavy (non-hydrogen) atoms. The summed E-state index contributed by atoms with van der Waals surface area (Å²) in [7, 11) is 0. The van der Waals surface area contributed by atoms with E-state index >= 15 is 0 Å². The first-order chi connectivity index (χ1) is 24.0. The fraction of sp³-hybridized carbons (Fsp3) is 0.273. The number of carbonyl (C=O) groups excluding carboxylic acids is 2. The molecule has 0 spiro atoms. The van der Waals surface area contributed by atoms with Crippen molar-refractivity contribution < 1.29 is 33.3 Å². The molecule has 3 aromatic heterocycles. The predicted octanol–water partition coefficient (Wildman–Crippen LogP) is 6.25. The molecule has 5 aromatic rings. The van der Waals surface area contributed by atoms with Crippen molar-refractivity contribution in [3.05, 3.63) is 91.6 Å². The summed E-state index contributed by atoms with van der Waals surface area (Å²) in [4.78, 5) is 47.0. The third-order valence-electron chi connectivity index (χ3n) is 7.77. The second-order valence-electron chi connectivity index (χ2n) is 11.2. The van der Waals surface area contributed by atoms with Gasteiger partial charge in [-0.3, -0.25) is 14.5 Å². The maximum atomic E-state index is 12.7. The summed E-state index contributed by atoms with van der Waals surface area (Å²) in [5, 5.41) is 19.9. The summed E-state index contributed by atoms with van der Waals surface area (Å²) in [6.07, 6.45) is 4.51.